The van der Waals surface area contributed by atoms with Gasteiger partial charge in [0.05, 0.1) is 12.5 Å². The lowest BCUT2D eigenvalue weighted by Crippen LogP contribution is -2.48. The standard InChI is InChI=1S/C35H46FN3O6/c1-4-8-25(9-5-2)39(26-13-14-28(36)23(3)18-26)33(41)21-38-20-27(24-12-15-30-31(19-24)45-22-44-30)34(35(42)43)29(38)10-6-16-37-17-7-11-32(37)40/h12-15,18-19,25,27,29,34H,4-11,16-17,20-22H2,1-3H3,(H,42,43)/t27-,29+,34?/m1/s1. The van der Waals surface area contributed by atoms with Gasteiger partial charge in [-0.15, -0.1) is 0 Å². The molecular weight excluding hydrogens is 577 g/mol. The second-order valence-electron chi connectivity index (χ2n) is 12.6. The number of amides is 2. The van der Waals surface area contributed by atoms with E-state index < -0.39 is 17.9 Å². The zero-order valence-electron chi connectivity index (χ0n) is 26.7. The number of hydrogen-bond donors (Lipinski definition) is 1. The Morgan fingerprint density at radius 2 is 1.84 bits per heavy atom. The summed E-state index contributed by atoms with van der Waals surface area (Å²) in [5, 5.41) is 10.6. The number of nitrogens with zero attached hydrogens (tertiary/aromatic N) is 3. The molecule has 2 saturated heterocycles. The van der Waals surface area contributed by atoms with Gasteiger partial charge in [0.15, 0.2) is 11.5 Å². The van der Waals surface area contributed by atoms with E-state index in [-0.39, 0.29) is 42.9 Å². The Morgan fingerprint density at radius 3 is 2.51 bits per heavy atom. The topological polar surface area (TPSA) is 99.6 Å². The Kier molecular flexibility index (Phi) is 10.6. The molecule has 0 spiro atoms. The van der Waals surface area contributed by atoms with Crippen molar-refractivity contribution in [2.45, 2.75) is 90.1 Å². The van der Waals surface area contributed by atoms with E-state index in [1.54, 1.807) is 19.1 Å². The van der Waals surface area contributed by atoms with Crippen LogP contribution in [0.25, 0.3) is 0 Å². The summed E-state index contributed by atoms with van der Waals surface area (Å²) in [6, 6.07) is 9.92. The number of hydrogen-bond acceptors (Lipinski definition) is 6. The predicted octanol–water partition coefficient (Wildman–Crippen LogP) is 5.74. The number of benzene rings is 2. The van der Waals surface area contributed by atoms with Crippen LogP contribution in [0, 0.1) is 18.7 Å². The number of likely N-dealkylation sites (tertiary alicyclic amines) is 2. The van der Waals surface area contributed by atoms with Gasteiger partial charge in [0.2, 0.25) is 18.6 Å². The molecule has 0 radical (unpaired) electrons. The van der Waals surface area contributed by atoms with Crippen molar-refractivity contribution >= 4 is 23.5 Å². The van der Waals surface area contributed by atoms with Crippen LogP contribution in [0.1, 0.15) is 82.3 Å². The molecule has 2 aromatic rings. The van der Waals surface area contributed by atoms with Crippen LogP contribution >= 0.6 is 0 Å². The molecule has 3 heterocycles. The summed E-state index contributed by atoms with van der Waals surface area (Å²) in [5.74, 6) is -1.10. The molecular formula is C35H46FN3O6. The number of fused-ring (bicyclic) bond motifs is 1. The van der Waals surface area contributed by atoms with E-state index in [9.17, 15) is 23.9 Å². The van der Waals surface area contributed by atoms with Crippen molar-refractivity contribution in [2.24, 2.45) is 5.92 Å². The Balaban J connectivity index is 1.45. The fraction of sp³-hybridized carbons (Fsp3) is 0.571. The highest BCUT2D eigenvalue weighted by atomic mass is 19.1. The Morgan fingerprint density at radius 1 is 1.09 bits per heavy atom. The number of anilines is 1. The maximum atomic E-state index is 14.4. The average Bonchev–Trinajstić information content (AvgIpc) is 3.74. The van der Waals surface area contributed by atoms with Gasteiger partial charge < -0.3 is 24.4 Å². The van der Waals surface area contributed by atoms with Crippen LogP contribution in [-0.4, -0.2) is 77.7 Å². The normalized spacial score (nSPS) is 21.2. The summed E-state index contributed by atoms with van der Waals surface area (Å²) < 4.78 is 25.4. The van der Waals surface area contributed by atoms with Crippen molar-refractivity contribution in [3.05, 3.63) is 53.3 Å². The average molecular weight is 624 g/mol. The molecule has 1 unspecified atom stereocenters. The SMILES string of the molecule is CCCC(CCC)N(C(=O)CN1C[C@H](c2ccc3c(c2)OCO3)C(C(=O)O)[C@@H]1CCCN1CCCC1=O)c1ccc(F)c(C)c1. The largest absolute Gasteiger partial charge is 0.481 e. The van der Waals surface area contributed by atoms with Crippen LogP contribution < -0.4 is 14.4 Å². The molecule has 3 aliphatic heterocycles. The lowest BCUT2D eigenvalue weighted by molar-refractivity contribution is -0.143. The molecule has 9 nitrogen and oxygen atoms in total. The number of aryl methyl sites for hydroxylation is 1. The third kappa shape index (κ3) is 7.27. The molecule has 2 amide bonds. The van der Waals surface area contributed by atoms with Gasteiger partial charge in [0.25, 0.3) is 0 Å². The smallest absolute Gasteiger partial charge is 0.308 e. The zero-order valence-corrected chi connectivity index (χ0v) is 26.7. The van der Waals surface area contributed by atoms with Crippen molar-refractivity contribution < 1.29 is 33.4 Å². The first-order valence-electron chi connectivity index (χ1n) is 16.4. The fourth-order valence-electron chi connectivity index (χ4n) is 7.42. The first-order chi connectivity index (χ1) is 21.7. The quantitative estimate of drug-likeness (QED) is 0.287. The lowest BCUT2D eigenvalue weighted by atomic mass is 9.83. The maximum absolute atomic E-state index is 14.4. The molecule has 2 aromatic carbocycles. The number of carbonyl (C=O) groups is 3. The van der Waals surface area contributed by atoms with Crippen LogP contribution in [0.15, 0.2) is 36.4 Å². The number of carboxylic acid groups (broad SMARTS) is 1. The molecule has 10 heteroatoms. The van der Waals surface area contributed by atoms with E-state index in [1.807, 2.05) is 32.9 Å². The van der Waals surface area contributed by atoms with E-state index in [0.29, 0.717) is 55.1 Å². The molecule has 1 N–H and O–H groups in total. The van der Waals surface area contributed by atoms with E-state index in [2.05, 4.69) is 13.8 Å². The van der Waals surface area contributed by atoms with Crippen LogP contribution in [0.3, 0.4) is 0 Å². The Labute approximate surface area is 265 Å². The third-order valence-electron chi connectivity index (χ3n) is 9.59. The molecule has 45 heavy (non-hydrogen) atoms. The Hall–Kier alpha value is -3.66. The van der Waals surface area contributed by atoms with Crippen molar-refractivity contribution in [1.29, 1.82) is 0 Å². The van der Waals surface area contributed by atoms with Crippen molar-refractivity contribution in [3.63, 3.8) is 0 Å². The molecule has 0 saturated carbocycles. The summed E-state index contributed by atoms with van der Waals surface area (Å²) in [7, 11) is 0. The maximum Gasteiger partial charge on any atom is 0.308 e. The second kappa shape index (κ2) is 14.6. The van der Waals surface area contributed by atoms with Crippen molar-refractivity contribution in [3.8, 4) is 11.5 Å². The lowest BCUT2D eigenvalue weighted by Gasteiger charge is -2.35. The highest BCUT2D eigenvalue weighted by Gasteiger charge is 2.47. The summed E-state index contributed by atoms with van der Waals surface area (Å²) in [4.78, 5) is 45.3. The summed E-state index contributed by atoms with van der Waals surface area (Å²) in [6.07, 6.45) is 5.99. The second-order valence-corrected chi connectivity index (χ2v) is 12.6. The van der Waals surface area contributed by atoms with Gasteiger partial charge in [0.1, 0.15) is 5.82 Å². The van der Waals surface area contributed by atoms with Gasteiger partial charge in [0, 0.05) is 49.7 Å². The Bertz CT molecular complexity index is 1380. The monoisotopic (exact) mass is 623 g/mol. The summed E-state index contributed by atoms with van der Waals surface area (Å²) >= 11 is 0. The molecule has 2 fully saturated rings. The number of halogens is 1. The van der Waals surface area contributed by atoms with Gasteiger partial charge in [-0.1, -0.05) is 32.8 Å². The molecule has 0 bridgehead atoms. The van der Waals surface area contributed by atoms with Crippen LogP contribution in [0.4, 0.5) is 10.1 Å². The number of carboxylic acids is 1. The van der Waals surface area contributed by atoms with Gasteiger partial charge >= 0.3 is 5.97 Å². The number of carbonyl (C=O) groups excluding carboxylic acids is 2. The highest BCUT2D eigenvalue weighted by Crippen LogP contribution is 2.43. The predicted molar refractivity (Wildman–Crippen MR) is 169 cm³/mol. The van der Waals surface area contributed by atoms with Gasteiger partial charge in [-0.3, -0.25) is 19.3 Å². The van der Waals surface area contributed by atoms with Gasteiger partial charge in [-0.25, -0.2) is 4.39 Å². The van der Waals surface area contributed by atoms with E-state index in [4.69, 9.17) is 9.47 Å². The van der Waals surface area contributed by atoms with Crippen LogP contribution in [-0.2, 0) is 14.4 Å². The zero-order chi connectivity index (χ0) is 32.1. The molecule has 244 valence electrons. The van der Waals surface area contributed by atoms with E-state index in [1.165, 1.54) is 6.07 Å². The minimum Gasteiger partial charge on any atom is -0.481 e. The van der Waals surface area contributed by atoms with Gasteiger partial charge in [-0.05, 0) is 80.5 Å². The van der Waals surface area contributed by atoms with E-state index in [0.717, 1.165) is 44.2 Å². The minimum atomic E-state index is -0.907. The molecule has 0 aromatic heterocycles. The van der Waals surface area contributed by atoms with E-state index >= 15 is 0 Å². The third-order valence-corrected chi connectivity index (χ3v) is 9.59. The number of ether oxygens (including phenoxy) is 2. The highest BCUT2D eigenvalue weighted by molar-refractivity contribution is 5.95. The van der Waals surface area contributed by atoms with Gasteiger partial charge in [-0.2, -0.15) is 0 Å². The fourth-order valence-corrected chi connectivity index (χ4v) is 7.42. The first-order valence-corrected chi connectivity index (χ1v) is 16.4. The van der Waals surface area contributed by atoms with Crippen LogP contribution in [0.2, 0.25) is 0 Å². The number of rotatable bonds is 14. The minimum absolute atomic E-state index is 0.0402. The molecule has 3 atom stereocenters. The van der Waals surface area contributed by atoms with Crippen LogP contribution in [0.5, 0.6) is 11.5 Å². The van der Waals surface area contributed by atoms with Crippen molar-refractivity contribution in [1.82, 2.24) is 9.80 Å². The molecule has 3 aliphatic rings. The van der Waals surface area contributed by atoms with Crippen molar-refractivity contribution in [2.75, 3.05) is 37.9 Å². The number of aliphatic carboxylic acids is 1. The molecule has 5 rings (SSSR count). The first kappa shape index (κ1) is 32.7. The summed E-state index contributed by atoms with van der Waals surface area (Å²) in [6.45, 7) is 7.75. The summed E-state index contributed by atoms with van der Waals surface area (Å²) in [5.41, 5.74) is 1.97. The molecule has 0 aliphatic carbocycles.